The Balaban J connectivity index is 2.19. The molecule has 0 saturated carbocycles. The minimum atomic E-state index is -0.491. The van der Waals surface area contributed by atoms with Crippen molar-refractivity contribution in [2.45, 2.75) is 6.54 Å². The van der Waals surface area contributed by atoms with Gasteiger partial charge in [0.25, 0.3) is 0 Å². The van der Waals surface area contributed by atoms with Crippen molar-refractivity contribution in [2.24, 2.45) is 5.73 Å². The number of anilines is 1. The van der Waals surface area contributed by atoms with Crippen LogP contribution >= 0.6 is 23.2 Å². The molecule has 0 radical (unpaired) electrons. The molecule has 110 valence electrons. The number of carbonyl (C=O) groups excluding carboxylic acids is 1. The van der Waals surface area contributed by atoms with Gasteiger partial charge in [0.15, 0.2) is 0 Å². The molecule has 2 aromatic rings. The molecule has 2 rings (SSSR count). The molecular formula is C15H14Cl2N2O2. The van der Waals surface area contributed by atoms with Gasteiger partial charge in [-0.1, -0.05) is 29.3 Å². The maximum absolute atomic E-state index is 11.2. The van der Waals surface area contributed by atoms with Crippen molar-refractivity contribution in [3.63, 3.8) is 0 Å². The van der Waals surface area contributed by atoms with Crippen LogP contribution in [0, 0.1) is 0 Å². The maximum atomic E-state index is 11.2. The number of primary amides is 1. The van der Waals surface area contributed by atoms with Gasteiger partial charge in [0.1, 0.15) is 5.75 Å². The summed E-state index contributed by atoms with van der Waals surface area (Å²) in [5.74, 6) is 0.135. The zero-order valence-electron chi connectivity index (χ0n) is 11.3. The summed E-state index contributed by atoms with van der Waals surface area (Å²) in [4.78, 5) is 11.2. The summed E-state index contributed by atoms with van der Waals surface area (Å²) in [6.45, 7) is 0.509. The Kier molecular flexibility index (Phi) is 4.94. The second-order valence-corrected chi connectivity index (χ2v) is 5.20. The predicted molar refractivity (Wildman–Crippen MR) is 85.3 cm³/mol. The lowest BCUT2D eigenvalue weighted by Crippen LogP contribution is -2.11. The average Bonchev–Trinajstić information content (AvgIpc) is 2.48. The Morgan fingerprint density at radius 1 is 1.19 bits per heavy atom. The van der Waals surface area contributed by atoms with Crippen molar-refractivity contribution < 1.29 is 9.53 Å². The van der Waals surface area contributed by atoms with Crippen LogP contribution in [0.3, 0.4) is 0 Å². The van der Waals surface area contributed by atoms with Crippen LogP contribution in [-0.2, 0) is 6.54 Å². The van der Waals surface area contributed by atoms with Crippen molar-refractivity contribution >= 4 is 34.8 Å². The highest BCUT2D eigenvalue weighted by Crippen LogP contribution is 2.27. The van der Waals surface area contributed by atoms with E-state index >= 15 is 0 Å². The first-order valence-corrected chi connectivity index (χ1v) is 6.92. The fourth-order valence-corrected chi connectivity index (χ4v) is 2.17. The third kappa shape index (κ3) is 3.80. The summed E-state index contributed by atoms with van der Waals surface area (Å²) in [7, 11) is 1.56. The van der Waals surface area contributed by atoms with Crippen molar-refractivity contribution in [1.82, 2.24) is 0 Å². The van der Waals surface area contributed by atoms with Crippen LogP contribution in [0.15, 0.2) is 36.4 Å². The quantitative estimate of drug-likeness (QED) is 0.881. The lowest BCUT2D eigenvalue weighted by atomic mass is 10.1. The summed E-state index contributed by atoms with van der Waals surface area (Å²) in [5.41, 5.74) is 7.32. The molecule has 0 atom stereocenters. The highest BCUT2D eigenvalue weighted by molar-refractivity contribution is 6.42. The number of halogens is 2. The summed E-state index contributed by atoms with van der Waals surface area (Å²) >= 11 is 11.9. The van der Waals surface area contributed by atoms with E-state index in [9.17, 15) is 4.79 Å². The third-order valence-electron chi connectivity index (χ3n) is 2.95. The second kappa shape index (κ2) is 6.70. The first-order chi connectivity index (χ1) is 10.0. The smallest absolute Gasteiger partial charge is 0.248 e. The molecule has 0 fully saturated rings. The van der Waals surface area contributed by atoms with E-state index in [-0.39, 0.29) is 0 Å². The van der Waals surface area contributed by atoms with E-state index in [4.69, 9.17) is 33.7 Å². The van der Waals surface area contributed by atoms with E-state index in [0.717, 1.165) is 5.56 Å². The first-order valence-electron chi connectivity index (χ1n) is 6.17. The molecule has 0 spiro atoms. The van der Waals surface area contributed by atoms with Gasteiger partial charge in [-0.3, -0.25) is 4.79 Å². The third-order valence-corrected chi connectivity index (χ3v) is 3.69. The number of nitrogens with two attached hydrogens (primary N) is 1. The Labute approximate surface area is 132 Å². The minimum Gasteiger partial charge on any atom is -0.495 e. The molecule has 0 aliphatic rings. The molecular weight excluding hydrogens is 311 g/mol. The molecule has 0 aliphatic carbocycles. The lowest BCUT2D eigenvalue weighted by molar-refractivity contribution is 0.100. The van der Waals surface area contributed by atoms with Gasteiger partial charge < -0.3 is 15.8 Å². The van der Waals surface area contributed by atoms with Gasteiger partial charge in [-0.25, -0.2) is 0 Å². The Hall–Kier alpha value is -1.91. The van der Waals surface area contributed by atoms with Crippen LogP contribution < -0.4 is 15.8 Å². The van der Waals surface area contributed by atoms with Crippen LogP contribution in [0.2, 0.25) is 10.0 Å². The number of amides is 1. The molecule has 2 aromatic carbocycles. The number of hydrogen-bond acceptors (Lipinski definition) is 3. The van der Waals surface area contributed by atoms with Crippen molar-refractivity contribution in [3.8, 4) is 5.75 Å². The molecule has 0 bridgehead atoms. The summed E-state index contributed by atoms with van der Waals surface area (Å²) in [6.07, 6.45) is 0. The molecule has 4 nitrogen and oxygen atoms in total. The lowest BCUT2D eigenvalue weighted by Gasteiger charge is -2.12. The van der Waals surface area contributed by atoms with Gasteiger partial charge in [-0.2, -0.15) is 0 Å². The normalized spacial score (nSPS) is 10.2. The van der Waals surface area contributed by atoms with Crippen molar-refractivity contribution in [2.75, 3.05) is 12.4 Å². The number of carbonyl (C=O) groups is 1. The van der Waals surface area contributed by atoms with Crippen LogP contribution in [0.1, 0.15) is 15.9 Å². The summed E-state index contributed by atoms with van der Waals surface area (Å²) in [5, 5.41) is 4.19. The first kappa shape index (κ1) is 15.5. The molecule has 6 heteroatoms. The predicted octanol–water partition coefficient (Wildman–Crippen LogP) is 3.71. The molecule has 0 aromatic heterocycles. The summed E-state index contributed by atoms with van der Waals surface area (Å²) in [6, 6.07) is 10.3. The minimum absolute atomic E-state index is 0.410. The largest absolute Gasteiger partial charge is 0.495 e. The van der Waals surface area contributed by atoms with Crippen molar-refractivity contribution in [1.29, 1.82) is 0 Å². The SMILES string of the molecule is COc1ccc(C(N)=O)cc1NCc1ccc(Cl)c(Cl)c1. The fourth-order valence-electron chi connectivity index (χ4n) is 1.85. The number of ether oxygens (including phenoxy) is 1. The van der Waals surface area contributed by atoms with Crippen LogP contribution in [0.25, 0.3) is 0 Å². The highest BCUT2D eigenvalue weighted by atomic mass is 35.5. The zero-order chi connectivity index (χ0) is 15.4. The van der Waals surface area contributed by atoms with Crippen LogP contribution in [0.5, 0.6) is 5.75 Å². The number of benzene rings is 2. The van der Waals surface area contributed by atoms with E-state index < -0.39 is 5.91 Å². The van der Waals surface area contributed by atoms with Gasteiger partial charge in [0.05, 0.1) is 22.8 Å². The molecule has 0 saturated heterocycles. The standard InChI is InChI=1S/C15H14Cl2N2O2/c1-21-14-5-3-10(15(18)20)7-13(14)19-8-9-2-4-11(16)12(17)6-9/h2-7,19H,8H2,1H3,(H2,18,20). The zero-order valence-corrected chi connectivity index (χ0v) is 12.8. The number of rotatable bonds is 5. The molecule has 1 amide bonds. The van der Waals surface area contributed by atoms with Crippen molar-refractivity contribution in [3.05, 3.63) is 57.6 Å². The monoisotopic (exact) mass is 324 g/mol. The fraction of sp³-hybridized carbons (Fsp3) is 0.133. The number of methoxy groups -OCH3 is 1. The topological polar surface area (TPSA) is 64.3 Å². The van der Waals surface area contributed by atoms with E-state index in [0.29, 0.717) is 33.6 Å². The molecule has 0 aliphatic heterocycles. The molecule has 3 N–H and O–H groups in total. The number of nitrogens with one attached hydrogen (secondary N) is 1. The van der Waals surface area contributed by atoms with Gasteiger partial charge in [-0.05, 0) is 35.9 Å². The maximum Gasteiger partial charge on any atom is 0.248 e. The Morgan fingerprint density at radius 3 is 2.57 bits per heavy atom. The molecule has 0 unspecified atom stereocenters. The number of hydrogen-bond donors (Lipinski definition) is 2. The second-order valence-electron chi connectivity index (χ2n) is 4.38. The highest BCUT2D eigenvalue weighted by Gasteiger charge is 2.08. The average molecular weight is 325 g/mol. The Bertz CT molecular complexity index is 675. The van der Waals surface area contributed by atoms with E-state index in [1.54, 1.807) is 37.4 Å². The molecule has 21 heavy (non-hydrogen) atoms. The summed E-state index contributed by atoms with van der Waals surface area (Å²) < 4.78 is 5.25. The van der Waals surface area contributed by atoms with E-state index in [1.165, 1.54) is 0 Å². The van der Waals surface area contributed by atoms with E-state index in [1.807, 2.05) is 6.07 Å². The van der Waals surface area contributed by atoms with Gasteiger partial charge in [0.2, 0.25) is 5.91 Å². The Morgan fingerprint density at radius 2 is 1.95 bits per heavy atom. The van der Waals surface area contributed by atoms with Gasteiger partial charge in [0, 0.05) is 12.1 Å². The van der Waals surface area contributed by atoms with Gasteiger partial charge in [-0.15, -0.1) is 0 Å². The van der Waals surface area contributed by atoms with Gasteiger partial charge >= 0.3 is 0 Å². The van der Waals surface area contributed by atoms with Crippen LogP contribution in [0.4, 0.5) is 5.69 Å². The molecule has 0 heterocycles. The van der Waals surface area contributed by atoms with E-state index in [2.05, 4.69) is 5.32 Å². The van der Waals surface area contributed by atoms with Crippen LogP contribution in [-0.4, -0.2) is 13.0 Å².